The normalized spacial score (nSPS) is 16.4. The molecule has 1 aromatic heterocycles. The van der Waals surface area contributed by atoms with Crippen LogP contribution in [0.25, 0.3) is 0 Å². The van der Waals surface area contributed by atoms with Gasteiger partial charge in [-0.15, -0.1) is 10.2 Å². The molecule has 0 radical (unpaired) electrons. The van der Waals surface area contributed by atoms with Gasteiger partial charge in [-0.25, -0.2) is 4.79 Å². The number of rotatable bonds is 4. The fourth-order valence-electron chi connectivity index (χ4n) is 2.16. The van der Waals surface area contributed by atoms with E-state index in [1.807, 2.05) is 24.6 Å². The standard InChI is InChI=1S/C14H15N3O4/c1-8-15-16-13(17(8)2)7-20-10-4-3-9-5-12(14(18)19)21-11(9)6-10/h3-4,6,12H,5,7H2,1-2H3,(H,18,19). The molecule has 2 aromatic rings. The Morgan fingerprint density at radius 3 is 3.00 bits per heavy atom. The topological polar surface area (TPSA) is 86.5 Å². The second kappa shape index (κ2) is 5.08. The quantitative estimate of drug-likeness (QED) is 0.906. The molecule has 21 heavy (non-hydrogen) atoms. The summed E-state index contributed by atoms with van der Waals surface area (Å²) in [4.78, 5) is 10.9. The third-order valence-electron chi connectivity index (χ3n) is 3.54. The molecule has 0 amide bonds. The molecule has 7 nitrogen and oxygen atoms in total. The number of benzene rings is 1. The first kappa shape index (κ1) is 13.4. The van der Waals surface area contributed by atoms with E-state index in [4.69, 9.17) is 14.6 Å². The minimum absolute atomic E-state index is 0.290. The summed E-state index contributed by atoms with van der Waals surface area (Å²) >= 11 is 0. The number of carboxylic acid groups (broad SMARTS) is 1. The molecule has 1 aliphatic heterocycles. The van der Waals surface area contributed by atoms with E-state index in [0.717, 1.165) is 17.2 Å². The summed E-state index contributed by atoms with van der Waals surface area (Å²) < 4.78 is 12.9. The summed E-state index contributed by atoms with van der Waals surface area (Å²) in [6.07, 6.45) is -0.426. The van der Waals surface area contributed by atoms with Gasteiger partial charge < -0.3 is 19.1 Å². The van der Waals surface area contributed by atoms with Crippen LogP contribution in [0, 0.1) is 6.92 Å². The van der Waals surface area contributed by atoms with Crippen LogP contribution < -0.4 is 9.47 Å². The first-order valence-electron chi connectivity index (χ1n) is 6.54. The summed E-state index contributed by atoms with van der Waals surface area (Å²) in [6, 6.07) is 5.34. The van der Waals surface area contributed by atoms with Gasteiger partial charge in [-0.05, 0) is 18.6 Å². The van der Waals surface area contributed by atoms with Crippen LogP contribution in [0.1, 0.15) is 17.2 Å². The van der Waals surface area contributed by atoms with Crippen molar-refractivity contribution in [3.8, 4) is 11.5 Å². The van der Waals surface area contributed by atoms with Crippen molar-refractivity contribution in [3.63, 3.8) is 0 Å². The molecule has 1 atom stereocenters. The predicted molar refractivity (Wildman–Crippen MR) is 72.3 cm³/mol. The van der Waals surface area contributed by atoms with E-state index in [1.165, 1.54) is 0 Å². The molecule has 1 unspecified atom stereocenters. The van der Waals surface area contributed by atoms with E-state index in [2.05, 4.69) is 10.2 Å². The molecule has 1 N–H and O–H groups in total. The number of aliphatic carboxylic acids is 1. The van der Waals surface area contributed by atoms with E-state index in [0.29, 0.717) is 24.5 Å². The van der Waals surface area contributed by atoms with Crippen molar-refractivity contribution >= 4 is 5.97 Å². The molecule has 0 bridgehead atoms. The highest BCUT2D eigenvalue weighted by Crippen LogP contribution is 2.32. The number of carboxylic acids is 1. The summed E-state index contributed by atoms with van der Waals surface area (Å²) in [5, 5.41) is 16.9. The predicted octanol–water partition coefficient (Wildman–Crippen LogP) is 1.09. The molecule has 0 aliphatic carbocycles. The van der Waals surface area contributed by atoms with Crippen LogP contribution in [0.15, 0.2) is 18.2 Å². The number of carbonyl (C=O) groups is 1. The second-order valence-electron chi connectivity index (χ2n) is 4.93. The lowest BCUT2D eigenvalue weighted by atomic mass is 10.1. The van der Waals surface area contributed by atoms with Crippen LogP contribution in [0.3, 0.4) is 0 Å². The minimum atomic E-state index is -0.955. The maximum atomic E-state index is 10.9. The van der Waals surface area contributed by atoms with Gasteiger partial charge in [0.2, 0.25) is 0 Å². The number of hydrogen-bond donors (Lipinski definition) is 1. The van der Waals surface area contributed by atoms with Crippen molar-refractivity contribution in [1.82, 2.24) is 14.8 Å². The van der Waals surface area contributed by atoms with Gasteiger partial charge >= 0.3 is 5.97 Å². The molecule has 1 aromatic carbocycles. The zero-order valence-corrected chi connectivity index (χ0v) is 11.7. The van der Waals surface area contributed by atoms with Crippen LogP contribution in [0.4, 0.5) is 0 Å². The van der Waals surface area contributed by atoms with Gasteiger partial charge in [0.15, 0.2) is 11.9 Å². The van der Waals surface area contributed by atoms with E-state index in [9.17, 15) is 4.79 Å². The Kier molecular flexibility index (Phi) is 3.25. The number of aryl methyl sites for hydroxylation is 1. The van der Waals surface area contributed by atoms with Crippen LogP contribution in [-0.2, 0) is 24.9 Å². The number of fused-ring (bicyclic) bond motifs is 1. The molecule has 0 spiro atoms. The highest BCUT2D eigenvalue weighted by molar-refractivity contribution is 5.74. The molecule has 1 aliphatic rings. The molecule has 0 saturated heterocycles. The molecule has 7 heteroatoms. The Morgan fingerprint density at radius 1 is 1.52 bits per heavy atom. The van der Waals surface area contributed by atoms with Crippen molar-refractivity contribution in [2.24, 2.45) is 7.05 Å². The van der Waals surface area contributed by atoms with Crippen LogP contribution in [0.5, 0.6) is 11.5 Å². The monoisotopic (exact) mass is 289 g/mol. The third kappa shape index (κ3) is 2.54. The van der Waals surface area contributed by atoms with Crippen molar-refractivity contribution in [3.05, 3.63) is 35.4 Å². The molecule has 2 heterocycles. The average molecular weight is 289 g/mol. The third-order valence-corrected chi connectivity index (χ3v) is 3.54. The number of ether oxygens (including phenoxy) is 2. The van der Waals surface area contributed by atoms with Crippen molar-refractivity contribution in [2.75, 3.05) is 0 Å². The Morgan fingerprint density at radius 2 is 2.33 bits per heavy atom. The van der Waals surface area contributed by atoms with Gasteiger partial charge in [-0.1, -0.05) is 6.07 Å². The first-order valence-corrected chi connectivity index (χ1v) is 6.54. The zero-order chi connectivity index (χ0) is 15.0. The van der Waals surface area contributed by atoms with Gasteiger partial charge in [0.25, 0.3) is 0 Å². The molecule has 0 saturated carbocycles. The average Bonchev–Trinajstić information content (AvgIpc) is 3.02. The van der Waals surface area contributed by atoms with Crippen LogP contribution >= 0.6 is 0 Å². The number of aromatic nitrogens is 3. The van der Waals surface area contributed by atoms with Gasteiger partial charge in [-0.2, -0.15) is 0 Å². The summed E-state index contributed by atoms with van der Waals surface area (Å²) in [6.45, 7) is 2.16. The van der Waals surface area contributed by atoms with Crippen molar-refractivity contribution < 1.29 is 19.4 Å². The van der Waals surface area contributed by atoms with E-state index in [-0.39, 0.29) is 0 Å². The van der Waals surface area contributed by atoms with Gasteiger partial charge in [-0.3, -0.25) is 0 Å². The Balaban J connectivity index is 1.70. The molecular formula is C14H15N3O4. The molecule has 3 rings (SSSR count). The highest BCUT2D eigenvalue weighted by Gasteiger charge is 2.28. The van der Waals surface area contributed by atoms with Crippen molar-refractivity contribution in [2.45, 2.75) is 26.1 Å². The lowest BCUT2D eigenvalue weighted by Crippen LogP contribution is -2.24. The highest BCUT2D eigenvalue weighted by atomic mass is 16.5. The largest absolute Gasteiger partial charge is 0.485 e. The van der Waals surface area contributed by atoms with Gasteiger partial charge in [0.1, 0.15) is 23.9 Å². The number of nitrogens with zero attached hydrogens (tertiary/aromatic N) is 3. The lowest BCUT2D eigenvalue weighted by molar-refractivity contribution is -0.144. The fraction of sp³-hybridized carbons (Fsp3) is 0.357. The Labute approximate surface area is 121 Å². The summed E-state index contributed by atoms with van der Waals surface area (Å²) in [5.41, 5.74) is 0.879. The minimum Gasteiger partial charge on any atom is -0.485 e. The molecular weight excluding hydrogens is 274 g/mol. The smallest absolute Gasteiger partial charge is 0.345 e. The zero-order valence-electron chi connectivity index (χ0n) is 11.7. The van der Waals surface area contributed by atoms with Gasteiger partial charge in [0.05, 0.1) is 0 Å². The first-order chi connectivity index (χ1) is 10.0. The van der Waals surface area contributed by atoms with Crippen LogP contribution in [-0.4, -0.2) is 31.9 Å². The summed E-state index contributed by atoms with van der Waals surface area (Å²) in [5.74, 6) is 1.75. The second-order valence-corrected chi connectivity index (χ2v) is 4.93. The van der Waals surface area contributed by atoms with E-state index < -0.39 is 12.1 Å². The molecule has 0 fully saturated rings. The van der Waals surface area contributed by atoms with E-state index in [1.54, 1.807) is 12.1 Å². The molecule has 110 valence electrons. The maximum Gasteiger partial charge on any atom is 0.345 e. The number of hydrogen-bond acceptors (Lipinski definition) is 5. The maximum absolute atomic E-state index is 10.9. The van der Waals surface area contributed by atoms with Gasteiger partial charge in [0, 0.05) is 19.5 Å². The van der Waals surface area contributed by atoms with Crippen LogP contribution in [0.2, 0.25) is 0 Å². The van der Waals surface area contributed by atoms with E-state index >= 15 is 0 Å². The SMILES string of the molecule is Cc1nnc(COc2ccc3c(c2)OC(C(=O)O)C3)n1C. The Hall–Kier alpha value is -2.57. The van der Waals surface area contributed by atoms with Crippen molar-refractivity contribution in [1.29, 1.82) is 0 Å². The summed E-state index contributed by atoms with van der Waals surface area (Å²) in [7, 11) is 1.87. The lowest BCUT2D eigenvalue weighted by Gasteiger charge is -2.08. The fourth-order valence-corrected chi connectivity index (χ4v) is 2.16. The Bertz CT molecular complexity index is 696.